The molecule has 1 atom stereocenters. The second-order valence-electron chi connectivity index (χ2n) is 10.1. The number of hydrogen-bond acceptors (Lipinski definition) is 0. The first-order valence-corrected chi connectivity index (χ1v) is 13.0. The molecule has 37 heavy (non-hydrogen) atoms. The van der Waals surface area contributed by atoms with Crippen LogP contribution in [0.4, 0.5) is 0 Å². The van der Waals surface area contributed by atoms with Gasteiger partial charge in [0.2, 0.25) is 0 Å². The Labute approximate surface area is 216 Å². The summed E-state index contributed by atoms with van der Waals surface area (Å²) in [4.78, 5) is 0. The molecule has 1 unspecified atom stereocenters. The Hall–Kier alpha value is -4.68. The van der Waals surface area contributed by atoms with E-state index in [4.69, 9.17) is 0 Å². The molecule has 0 spiro atoms. The number of hydrogen-bond donors (Lipinski definition) is 0. The average Bonchev–Trinajstić information content (AvgIpc) is 3.29. The lowest BCUT2D eigenvalue weighted by atomic mass is 9.82. The molecule has 0 bridgehead atoms. The quantitative estimate of drug-likeness (QED) is 0.221. The zero-order chi connectivity index (χ0) is 24.3. The summed E-state index contributed by atoms with van der Waals surface area (Å²) >= 11 is 0. The van der Waals surface area contributed by atoms with E-state index in [2.05, 4.69) is 140 Å². The Morgan fingerprint density at radius 1 is 0.351 bits per heavy atom. The van der Waals surface area contributed by atoms with Crippen LogP contribution in [0.1, 0.15) is 22.6 Å². The standard InChI is InChI=1S/C37H24/c1-2-10-25-21-26(18-17-24(25)9-1)27-19-20-33-32-15-7-8-16-34(32)37(35(33)23-27)36-30-13-5-3-11-28(30)22-29-12-4-6-14-31(29)36/h1-23,37H. The van der Waals surface area contributed by atoms with Crippen LogP contribution in [-0.2, 0) is 0 Å². The molecule has 0 nitrogen and oxygen atoms in total. The van der Waals surface area contributed by atoms with Gasteiger partial charge in [0, 0.05) is 5.92 Å². The molecule has 0 aromatic heterocycles. The molecular weight excluding hydrogens is 444 g/mol. The highest BCUT2D eigenvalue weighted by Gasteiger charge is 2.32. The summed E-state index contributed by atoms with van der Waals surface area (Å²) < 4.78 is 0. The molecule has 0 amide bonds. The first kappa shape index (κ1) is 20.5. The largest absolute Gasteiger partial charge is 0.0619 e. The molecule has 7 aromatic carbocycles. The van der Waals surface area contributed by atoms with Gasteiger partial charge in [0.25, 0.3) is 0 Å². The minimum Gasteiger partial charge on any atom is -0.0619 e. The third-order valence-electron chi connectivity index (χ3n) is 8.11. The fourth-order valence-electron chi connectivity index (χ4n) is 6.43. The van der Waals surface area contributed by atoms with Gasteiger partial charge in [-0.2, -0.15) is 0 Å². The molecule has 0 heteroatoms. The van der Waals surface area contributed by atoms with Gasteiger partial charge < -0.3 is 0 Å². The van der Waals surface area contributed by atoms with Crippen molar-refractivity contribution in [1.29, 1.82) is 0 Å². The van der Waals surface area contributed by atoms with E-state index in [0.717, 1.165) is 0 Å². The fourth-order valence-corrected chi connectivity index (χ4v) is 6.43. The number of benzene rings is 7. The maximum absolute atomic E-state index is 2.45. The van der Waals surface area contributed by atoms with E-state index >= 15 is 0 Å². The van der Waals surface area contributed by atoms with Crippen LogP contribution in [0.2, 0.25) is 0 Å². The van der Waals surface area contributed by atoms with E-state index in [1.807, 2.05) is 0 Å². The molecule has 0 N–H and O–H groups in total. The maximum Gasteiger partial charge on any atom is 0.0364 e. The van der Waals surface area contributed by atoms with Crippen LogP contribution < -0.4 is 0 Å². The summed E-state index contributed by atoms with van der Waals surface area (Å²) in [5.74, 6) is 0.183. The molecule has 1 aliphatic carbocycles. The Morgan fingerprint density at radius 3 is 1.70 bits per heavy atom. The molecule has 0 heterocycles. The molecular formula is C37H24. The van der Waals surface area contributed by atoms with Gasteiger partial charge in [0.1, 0.15) is 0 Å². The van der Waals surface area contributed by atoms with Crippen molar-refractivity contribution in [2.24, 2.45) is 0 Å². The molecule has 0 radical (unpaired) electrons. The fraction of sp³-hybridized carbons (Fsp3) is 0.0270. The van der Waals surface area contributed by atoms with Crippen LogP contribution in [0.15, 0.2) is 140 Å². The third kappa shape index (κ3) is 3.09. The molecule has 0 saturated carbocycles. The van der Waals surface area contributed by atoms with E-state index < -0.39 is 0 Å². The summed E-state index contributed by atoms with van der Waals surface area (Å²) in [6.07, 6.45) is 0. The van der Waals surface area contributed by atoms with Gasteiger partial charge in [-0.05, 0) is 89.5 Å². The Morgan fingerprint density at radius 2 is 0.919 bits per heavy atom. The Bertz CT molecular complexity index is 1940. The van der Waals surface area contributed by atoms with Crippen molar-refractivity contribution >= 4 is 32.3 Å². The van der Waals surface area contributed by atoms with Crippen molar-refractivity contribution in [3.63, 3.8) is 0 Å². The molecule has 0 aliphatic heterocycles. The van der Waals surface area contributed by atoms with Gasteiger partial charge in [-0.15, -0.1) is 0 Å². The van der Waals surface area contributed by atoms with E-state index in [1.165, 1.54) is 71.3 Å². The van der Waals surface area contributed by atoms with Crippen LogP contribution >= 0.6 is 0 Å². The van der Waals surface area contributed by atoms with Crippen molar-refractivity contribution < 1.29 is 0 Å². The highest BCUT2D eigenvalue weighted by Crippen LogP contribution is 2.52. The zero-order valence-electron chi connectivity index (χ0n) is 20.4. The van der Waals surface area contributed by atoms with E-state index in [9.17, 15) is 0 Å². The highest BCUT2D eigenvalue weighted by atomic mass is 14.3. The van der Waals surface area contributed by atoms with Gasteiger partial charge in [-0.1, -0.05) is 121 Å². The van der Waals surface area contributed by atoms with Crippen molar-refractivity contribution in [2.75, 3.05) is 0 Å². The second kappa shape index (κ2) is 7.91. The lowest BCUT2D eigenvalue weighted by Gasteiger charge is -2.20. The second-order valence-corrected chi connectivity index (χ2v) is 10.1. The molecule has 1 aliphatic rings. The van der Waals surface area contributed by atoms with Crippen molar-refractivity contribution in [3.05, 3.63) is 156 Å². The SMILES string of the molecule is c1ccc2c(c1)-c1ccc(-c3ccc4ccccc4c3)cc1C2c1c2ccccc2cc2ccccc12. The summed E-state index contributed by atoms with van der Waals surface area (Å²) in [6.45, 7) is 0. The monoisotopic (exact) mass is 468 g/mol. The third-order valence-corrected chi connectivity index (χ3v) is 8.11. The number of rotatable bonds is 2. The van der Waals surface area contributed by atoms with Crippen LogP contribution in [0.3, 0.4) is 0 Å². The minimum atomic E-state index is 0.183. The van der Waals surface area contributed by atoms with E-state index in [-0.39, 0.29) is 5.92 Å². The smallest absolute Gasteiger partial charge is 0.0364 e. The van der Waals surface area contributed by atoms with Crippen molar-refractivity contribution in [3.8, 4) is 22.3 Å². The zero-order valence-corrected chi connectivity index (χ0v) is 20.4. The summed E-state index contributed by atoms with van der Waals surface area (Å²) in [5.41, 5.74) is 9.44. The predicted octanol–water partition coefficient (Wildman–Crippen LogP) is 9.97. The lowest BCUT2D eigenvalue weighted by molar-refractivity contribution is 1.04. The number of fused-ring (bicyclic) bond motifs is 6. The normalized spacial score (nSPS) is 14.2. The van der Waals surface area contributed by atoms with Crippen molar-refractivity contribution in [2.45, 2.75) is 5.92 Å². The summed E-state index contributed by atoms with van der Waals surface area (Å²) in [6, 6.07) is 51.5. The topological polar surface area (TPSA) is 0 Å². The first-order valence-electron chi connectivity index (χ1n) is 13.0. The van der Waals surface area contributed by atoms with Crippen LogP contribution in [0.5, 0.6) is 0 Å². The van der Waals surface area contributed by atoms with Gasteiger partial charge in [-0.3, -0.25) is 0 Å². The average molecular weight is 469 g/mol. The molecule has 8 rings (SSSR count). The van der Waals surface area contributed by atoms with Gasteiger partial charge in [0.05, 0.1) is 0 Å². The molecule has 172 valence electrons. The van der Waals surface area contributed by atoms with E-state index in [1.54, 1.807) is 0 Å². The van der Waals surface area contributed by atoms with Gasteiger partial charge >= 0.3 is 0 Å². The van der Waals surface area contributed by atoms with Crippen LogP contribution in [0.25, 0.3) is 54.6 Å². The van der Waals surface area contributed by atoms with Crippen molar-refractivity contribution in [1.82, 2.24) is 0 Å². The molecule has 0 fully saturated rings. The lowest BCUT2D eigenvalue weighted by Crippen LogP contribution is -2.02. The van der Waals surface area contributed by atoms with Gasteiger partial charge in [-0.25, -0.2) is 0 Å². The van der Waals surface area contributed by atoms with Crippen LogP contribution in [-0.4, -0.2) is 0 Å². The summed E-state index contributed by atoms with van der Waals surface area (Å²) in [5, 5.41) is 7.83. The summed E-state index contributed by atoms with van der Waals surface area (Å²) in [7, 11) is 0. The minimum absolute atomic E-state index is 0.183. The molecule has 0 saturated heterocycles. The maximum atomic E-state index is 2.45. The predicted molar refractivity (Wildman–Crippen MR) is 157 cm³/mol. The van der Waals surface area contributed by atoms with E-state index in [0.29, 0.717) is 0 Å². The highest BCUT2D eigenvalue weighted by molar-refractivity contribution is 6.04. The van der Waals surface area contributed by atoms with Gasteiger partial charge in [0.15, 0.2) is 0 Å². The Balaban J connectivity index is 1.42. The van der Waals surface area contributed by atoms with Crippen LogP contribution in [0, 0.1) is 0 Å². The molecule has 7 aromatic rings. The first-order chi connectivity index (χ1) is 18.3. The Kier molecular flexibility index (Phi) is 4.39.